The lowest BCUT2D eigenvalue weighted by molar-refractivity contribution is -0.137. The lowest BCUT2D eigenvalue weighted by atomic mass is 10.1. The lowest BCUT2D eigenvalue weighted by Crippen LogP contribution is -2.18. The Bertz CT molecular complexity index is 257. The minimum Gasteiger partial charge on any atom is -0.465 e. The second-order valence-electron chi connectivity index (χ2n) is 3.52. The number of ketones is 1. The number of nitrogens with zero attached hydrogens (tertiary/aromatic N) is 1. The Morgan fingerprint density at radius 3 is 2.33 bits per heavy atom. The second-order valence-corrected chi connectivity index (χ2v) is 3.52. The maximum Gasteiger partial charge on any atom is 0.342 e. The molecule has 0 bridgehead atoms. The molecule has 0 rings (SSSR count). The fourth-order valence-corrected chi connectivity index (χ4v) is 1.08. The van der Waals surface area contributed by atoms with Crippen LogP contribution < -0.4 is 0 Å². The molecule has 0 radical (unpaired) electrons. The van der Waals surface area contributed by atoms with Crippen molar-refractivity contribution >= 4 is 11.8 Å². The van der Waals surface area contributed by atoms with Gasteiger partial charge in [0.1, 0.15) is 5.57 Å². The molecule has 0 amide bonds. The maximum absolute atomic E-state index is 11.6. The van der Waals surface area contributed by atoms with Crippen molar-refractivity contribution in [2.75, 3.05) is 21.2 Å². The smallest absolute Gasteiger partial charge is 0.342 e. The molecular weight excluding hydrogens is 194 g/mol. The zero-order chi connectivity index (χ0) is 11.8. The Labute approximate surface area is 90.9 Å². The van der Waals surface area contributed by atoms with Crippen LogP contribution in [0.25, 0.3) is 0 Å². The highest BCUT2D eigenvalue weighted by Gasteiger charge is 2.18. The number of hydrogen-bond acceptors (Lipinski definition) is 4. The molecule has 0 aromatic heterocycles. The second kappa shape index (κ2) is 7.04. The van der Waals surface area contributed by atoms with Crippen LogP contribution in [0, 0.1) is 0 Å². The van der Waals surface area contributed by atoms with Crippen LogP contribution in [-0.2, 0) is 14.3 Å². The van der Waals surface area contributed by atoms with Crippen molar-refractivity contribution in [1.82, 2.24) is 4.90 Å². The molecule has 86 valence electrons. The number of esters is 1. The molecule has 4 nitrogen and oxygen atoms in total. The Hall–Kier alpha value is -1.32. The van der Waals surface area contributed by atoms with Crippen molar-refractivity contribution < 1.29 is 14.3 Å². The third-order valence-electron chi connectivity index (χ3n) is 1.85. The van der Waals surface area contributed by atoms with Gasteiger partial charge in [-0.1, -0.05) is 13.3 Å². The summed E-state index contributed by atoms with van der Waals surface area (Å²) >= 11 is 0. The van der Waals surface area contributed by atoms with Gasteiger partial charge in [-0.15, -0.1) is 0 Å². The fraction of sp³-hybridized carbons (Fsp3) is 0.636. The number of carbonyl (C=O) groups is 2. The molecule has 0 aliphatic heterocycles. The number of carbonyl (C=O) groups excluding carboxylic acids is 2. The van der Waals surface area contributed by atoms with Crippen LogP contribution in [0.2, 0.25) is 0 Å². The molecule has 4 heteroatoms. The number of rotatable bonds is 6. The quantitative estimate of drug-likeness (QED) is 0.289. The van der Waals surface area contributed by atoms with Crippen LogP contribution in [0.1, 0.15) is 26.2 Å². The molecule has 0 atom stereocenters. The molecule has 0 fully saturated rings. The number of Topliss-reactive ketones (excluding diaryl/α,β-unsaturated/α-hetero) is 1. The van der Waals surface area contributed by atoms with Crippen LogP contribution in [-0.4, -0.2) is 37.9 Å². The molecule has 0 aliphatic rings. The van der Waals surface area contributed by atoms with Crippen molar-refractivity contribution in [3.05, 3.63) is 11.8 Å². The van der Waals surface area contributed by atoms with Crippen molar-refractivity contribution in [2.45, 2.75) is 26.2 Å². The van der Waals surface area contributed by atoms with Gasteiger partial charge in [0.2, 0.25) is 0 Å². The monoisotopic (exact) mass is 213 g/mol. The molecule has 0 saturated heterocycles. The summed E-state index contributed by atoms with van der Waals surface area (Å²) in [5, 5.41) is 0. The molecule has 0 aromatic rings. The largest absolute Gasteiger partial charge is 0.465 e. The van der Waals surface area contributed by atoms with E-state index in [1.165, 1.54) is 13.3 Å². The summed E-state index contributed by atoms with van der Waals surface area (Å²) in [6.45, 7) is 2.00. The standard InChI is InChI=1S/C11H19NO3/c1-5-6-7-10(13)9(8-12(2)3)11(14)15-4/h8H,5-7H2,1-4H3. The van der Waals surface area contributed by atoms with Gasteiger partial charge in [0, 0.05) is 26.7 Å². The molecule has 0 heterocycles. The molecule has 0 saturated carbocycles. The third kappa shape index (κ3) is 5.20. The fourth-order valence-electron chi connectivity index (χ4n) is 1.08. The van der Waals surface area contributed by atoms with E-state index in [9.17, 15) is 9.59 Å². The van der Waals surface area contributed by atoms with Crippen molar-refractivity contribution in [3.63, 3.8) is 0 Å². The zero-order valence-corrected chi connectivity index (χ0v) is 9.87. The number of ether oxygens (including phenoxy) is 1. The third-order valence-corrected chi connectivity index (χ3v) is 1.85. The summed E-state index contributed by atoms with van der Waals surface area (Å²) in [6, 6.07) is 0. The van der Waals surface area contributed by atoms with Crippen molar-refractivity contribution in [2.24, 2.45) is 0 Å². The summed E-state index contributed by atoms with van der Waals surface area (Å²) in [5.74, 6) is -0.720. The lowest BCUT2D eigenvalue weighted by Gasteiger charge is -2.09. The van der Waals surface area contributed by atoms with Crippen molar-refractivity contribution in [1.29, 1.82) is 0 Å². The highest BCUT2D eigenvalue weighted by molar-refractivity contribution is 6.17. The van der Waals surface area contributed by atoms with Gasteiger partial charge in [-0.25, -0.2) is 4.79 Å². The van der Waals surface area contributed by atoms with E-state index < -0.39 is 5.97 Å². The van der Waals surface area contributed by atoms with E-state index in [4.69, 9.17) is 0 Å². The highest BCUT2D eigenvalue weighted by atomic mass is 16.5. The molecule has 15 heavy (non-hydrogen) atoms. The minimum absolute atomic E-state index is 0.121. The van der Waals surface area contributed by atoms with Gasteiger partial charge in [-0.3, -0.25) is 4.79 Å². The first kappa shape index (κ1) is 13.7. The first-order chi connectivity index (χ1) is 7.02. The molecule has 0 N–H and O–H groups in total. The first-order valence-corrected chi connectivity index (χ1v) is 5.02. The van der Waals surface area contributed by atoms with Gasteiger partial charge < -0.3 is 9.64 Å². The molecular formula is C11H19NO3. The Kier molecular flexibility index (Phi) is 6.42. The van der Waals surface area contributed by atoms with E-state index in [-0.39, 0.29) is 11.4 Å². The van der Waals surface area contributed by atoms with Crippen molar-refractivity contribution in [3.8, 4) is 0 Å². The molecule has 0 spiro atoms. The summed E-state index contributed by atoms with van der Waals surface area (Å²) in [6.07, 6.45) is 3.62. The number of unbranched alkanes of at least 4 members (excludes halogenated alkanes) is 1. The average molecular weight is 213 g/mol. The van der Waals surface area contributed by atoms with E-state index >= 15 is 0 Å². The van der Waals surface area contributed by atoms with E-state index in [0.29, 0.717) is 6.42 Å². The zero-order valence-electron chi connectivity index (χ0n) is 9.87. The first-order valence-electron chi connectivity index (χ1n) is 5.02. The Morgan fingerprint density at radius 2 is 1.93 bits per heavy atom. The summed E-state index contributed by atoms with van der Waals surface area (Å²) in [7, 11) is 4.80. The van der Waals surface area contributed by atoms with Crippen LogP contribution in [0.5, 0.6) is 0 Å². The van der Waals surface area contributed by atoms with Crippen LogP contribution in [0.3, 0.4) is 0 Å². The predicted molar refractivity (Wildman–Crippen MR) is 58.3 cm³/mol. The van der Waals surface area contributed by atoms with Gasteiger partial charge in [-0.05, 0) is 6.42 Å². The normalized spacial score (nSPS) is 11.1. The molecule has 0 aliphatic carbocycles. The average Bonchev–Trinajstić information content (AvgIpc) is 2.21. The highest BCUT2D eigenvalue weighted by Crippen LogP contribution is 2.07. The number of methoxy groups -OCH3 is 1. The molecule has 0 unspecified atom stereocenters. The Morgan fingerprint density at radius 1 is 1.33 bits per heavy atom. The van der Waals surface area contributed by atoms with Gasteiger partial charge in [0.05, 0.1) is 7.11 Å². The van der Waals surface area contributed by atoms with Gasteiger partial charge in [0.25, 0.3) is 0 Å². The van der Waals surface area contributed by atoms with E-state index in [2.05, 4.69) is 4.74 Å². The van der Waals surface area contributed by atoms with E-state index in [0.717, 1.165) is 12.8 Å². The number of hydrogen-bond donors (Lipinski definition) is 0. The maximum atomic E-state index is 11.6. The predicted octanol–water partition coefficient (Wildman–Crippen LogP) is 1.36. The summed E-state index contributed by atoms with van der Waals surface area (Å²) in [5.41, 5.74) is 0.121. The van der Waals surface area contributed by atoms with Crippen LogP contribution in [0.4, 0.5) is 0 Å². The van der Waals surface area contributed by atoms with Crippen LogP contribution >= 0.6 is 0 Å². The van der Waals surface area contributed by atoms with E-state index in [1.807, 2.05) is 6.92 Å². The summed E-state index contributed by atoms with van der Waals surface area (Å²) < 4.78 is 4.56. The topological polar surface area (TPSA) is 46.6 Å². The van der Waals surface area contributed by atoms with Gasteiger partial charge >= 0.3 is 5.97 Å². The van der Waals surface area contributed by atoms with Gasteiger partial charge in [0.15, 0.2) is 5.78 Å². The van der Waals surface area contributed by atoms with E-state index in [1.54, 1.807) is 19.0 Å². The summed E-state index contributed by atoms with van der Waals surface area (Å²) in [4.78, 5) is 24.6. The SMILES string of the molecule is CCCCC(=O)C(=CN(C)C)C(=O)OC. The minimum atomic E-state index is -0.565. The van der Waals surface area contributed by atoms with Gasteiger partial charge in [-0.2, -0.15) is 0 Å². The van der Waals surface area contributed by atoms with Crippen LogP contribution in [0.15, 0.2) is 11.8 Å². The molecule has 0 aromatic carbocycles. The Balaban J connectivity index is 4.64.